The van der Waals surface area contributed by atoms with E-state index in [0.717, 1.165) is 12.8 Å². The van der Waals surface area contributed by atoms with Crippen LogP contribution < -0.4 is 5.73 Å². The van der Waals surface area contributed by atoms with Gasteiger partial charge in [0.2, 0.25) is 0 Å². The Kier molecular flexibility index (Phi) is 5.38. The van der Waals surface area contributed by atoms with E-state index in [1.54, 1.807) is 0 Å². The van der Waals surface area contributed by atoms with Crippen LogP contribution in [0.3, 0.4) is 0 Å². The van der Waals surface area contributed by atoms with Crippen LogP contribution in [0.15, 0.2) is 0 Å². The predicted molar refractivity (Wildman–Crippen MR) is 47.4 cm³/mol. The maximum Gasteiger partial charge on any atom is 0.384 e. The van der Waals surface area contributed by atoms with E-state index < -0.39 is 6.80 Å². The molecule has 0 saturated heterocycles. The van der Waals surface area contributed by atoms with Crippen LogP contribution in [0.5, 0.6) is 0 Å². The quantitative estimate of drug-likeness (QED) is 0.574. The van der Waals surface area contributed by atoms with Crippen LogP contribution in [0, 0.1) is 0 Å². The minimum Gasteiger partial charge on any atom is -0.327 e. The van der Waals surface area contributed by atoms with Crippen LogP contribution in [0.1, 0.15) is 19.8 Å². The zero-order valence-corrected chi connectivity index (χ0v) is 8.15. The van der Waals surface area contributed by atoms with Crippen molar-refractivity contribution >= 4 is 18.2 Å². The van der Waals surface area contributed by atoms with Gasteiger partial charge in [-0.3, -0.25) is 0 Å². The van der Waals surface area contributed by atoms with Gasteiger partial charge < -0.3 is 15.5 Å². The van der Waals surface area contributed by atoms with Gasteiger partial charge in [0, 0.05) is 11.8 Å². The lowest BCUT2D eigenvalue weighted by Crippen LogP contribution is -2.22. The first kappa shape index (κ1) is 11.5. The Labute approximate surface area is 70.5 Å². The first-order valence-corrected chi connectivity index (χ1v) is 6.61. The third-order valence-corrected chi connectivity index (χ3v) is 3.49. The molecule has 0 aliphatic heterocycles. The Hall–Kier alpha value is 0.460. The third kappa shape index (κ3) is 8.37. The van der Waals surface area contributed by atoms with Gasteiger partial charge in [-0.05, 0) is 17.8 Å². The topological polar surface area (TPSA) is 83.6 Å². The molecule has 1 unspecified atom stereocenters. The van der Waals surface area contributed by atoms with Crippen molar-refractivity contribution in [3.05, 3.63) is 0 Å². The molecule has 0 heterocycles. The normalized spacial score (nSPS) is 14.9. The molecule has 0 aromatic carbocycles. The zero-order chi connectivity index (χ0) is 8.91. The van der Waals surface area contributed by atoms with E-state index in [9.17, 15) is 4.57 Å². The van der Waals surface area contributed by atoms with Crippen molar-refractivity contribution in [2.45, 2.75) is 25.8 Å². The predicted octanol–water partition coefficient (Wildman–Crippen LogP) is 0.940. The molecule has 0 aromatic heterocycles. The van der Waals surface area contributed by atoms with Crippen LogP contribution in [0.4, 0.5) is 0 Å². The summed E-state index contributed by atoms with van der Waals surface area (Å²) in [5.74, 6) is 0.331. The summed E-state index contributed by atoms with van der Waals surface area (Å²) >= 11 is 0.623. The number of rotatable bonds is 5. The molecule has 11 heavy (non-hydrogen) atoms. The summed E-state index contributed by atoms with van der Waals surface area (Å²) in [7, 11) is 0. The fraction of sp³-hybridized carbons (Fsp3) is 1.00. The average Bonchev–Trinajstić information content (AvgIpc) is 1.83. The van der Waals surface area contributed by atoms with Crippen LogP contribution in [0.25, 0.3) is 0 Å². The second-order valence-corrected chi connectivity index (χ2v) is 6.11. The second-order valence-electron chi connectivity index (χ2n) is 2.34. The molecule has 0 amide bonds. The molecular weight excluding hydrogens is 185 g/mol. The summed E-state index contributed by atoms with van der Waals surface area (Å²) in [4.78, 5) is 16.9. The number of hydrogen-bond donors (Lipinski definition) is 3. The van der Waals surface area contributed by atoms with Crippen molar-refractivity contribution in [1.82, 2.24) is 0 Å². The monoisotopic (exact) mass is 199 g/mol. The molecule has 0 saturated carbocycles. The summed E-state index contributed by atoms with van der Waals surface area (Å²) in [6.07, 6.45) is 1.76. The van der Waals surface area contributed by atoms with Gasteiger partial charge in [-0.1, -0.05) is 13.3 Å². The summed E-state index contributed by atoms with van der Waals surface area (Å²) in [6, 6.07) is -0.0994. The lowest BCUT2D eigenvalue weighted by Gasteiger charge is -2.09. The molecule has 4 N–H and O–H groups in total. The van der Waals surface area contributed by atoms with E-state index in [-0.39, 0.29) is 6.04 Å². The van der Waals surface area contributed by atoms with Crippen molar-refractivity contribution in [2.75, 3.05) is 5.75 Å². The Morgan fingerprint density at radius 3 is 2.55 bits per heavy atom. The van der Waals surface area contributed by atoms with Crippen LogP contribution in [0.2, 0.25) is 0 Å². The molecule has 0 aliphatic carbocycles. The van der Waals surface area contributed by atoms with Crippen molar-refractivity contribution in [3.8, 4) is 0 Å². The highest BCUT2D eigenvalue weighted by molar-refractivity contribution is 8.54. The van der Waals surface area contributed by atoms with E-state index in [4.69, 9.17) is 15.5 Å². The summed E-state index contributed by atoms with van der Waals surface area (Å²) < 4.78 is 10.3. The average molecular weight is 199 g/mol. The van der Waals surface area contributed by atoms with Gasteiger partial charge in [-0.25, -0.2) is 4.57 Å². The SMILES string of the molecule is CCCC(N)CSP(=O)(O)O. The van der Waals surface area contributed by atoms with Gasteiger partial charge in [0.15, 0.2) is 0 Å². The molecule has 0 radical (unpaired) electrons. The molecule has 0 bridgehead atoms. The lowest BCUT2D eigenvalue weighted by molar-refractivity contribution is 0.396. The van der Waals surface area contributed by atoms with Crippen molar-refractivity contribution in [3.63, 3.8) is 0 Å². The van der Waals surface area contributed by atoms with E-state index >= 15 is 0 Å². The van der Waals surface area contributed by atoms with Crippen molar-refractivity contribution < 1.29 is 14.4 Å². The number of nitrogens with two attached hydrogens (primary N) is 1. The van der Waals surface area contributed by atoms with Gasteiger partial charge >= 0.3 is 6.80 Å². The van der Waals surface area contributed by atoms with Crippen molar-refractivity contribution in [1.29, 1.82) is 0 Å². The molecule has 0 aliphatic rings. The Balaban J connectivity index is 3.46. The third-order valence-electron chi connectivity index (χ3n) is 1.12. The first-order valence-electron chi connectivity index (χ1n) is 3.41. The zero-order valence-electron chi connectivity index (χ0n) is 6.43. The van der Waals surface area contributed by atoms with Crippen molar-refractivity contribution in [2.24, 2.45) is 5.73 Å². The maximum absolute atomic E-state index is 10.3. The van der Waals surface area contributed by atoms with E-state index in [2.05, 4.69) is 0 Å². The van der Waals surface area contributed by atoms with E-state index in [0.29, 0.717) is 17.1 Å². The van der Waals surface area contributed by atoms with Gasteiger partial charge in [-0.15, -0.1) is 0 Å². The highest BCUT2D eigenvalue weighted by Gasteiger charge is 2.15. The molecule has 1 atom stereocenters. The Bertz CT molecular complexity index is 149. The van der Waals surface area contributed by atoms with E-state index in [1.165, 1.54) is 0 Å². The molecule has 0 spiro atoms. The van der Waals surface area contributed by atoms with Crippen LogP contribution in [-0.2, 0) is 4.57 Å². The number of hydrogen-bond acceptors (Lipinski definition) is 3. The summed E-state index contributed by atoms with van der Waals surface area (Å²) in [6.45, 7) is -1.92. The van der Waals surface area contributed by atoms with Crippen LogP contribution in [-0.4, -0.2) is 21.6 Å². The maximum atomic E-state index is 10.3. The standard InChI is InChI=1S/C5H14NO3PS/c1-2-3-5(6)4-11-10(7,8)9/h5H,2-4,6H2,1H3,(H2,7,8,9). The largest absolute Gasteiger partial charge is 0.384 e. The highest BCUT2D eigenvalue weighted by Crippen LogP contribution is 2.50. The summed E-state index contributed by atoms with van der Waals surface area (Å²) in [5, 5.41) is 0. The lowest BCUT2D eigenvalue weighted by atomic mass is 10.2. The fourth-order valence-corrected chi connectivity index (χ4v) is 2.36. The molecule has 6 heteroatoms. The Morgan fingerprint density at radius 1 is 1.64 bits per heavy atom. The molecule has 0 fully saturated rings. The summed E-state index contributed by atoms with van der Waals surface area (Å²) in [5.41, 5.74) is 5.53. The van der Waals surface area contributed by atoms with Gasteiger partial charge in [-0.2, -0.15) is 0 Å². The molecule has 4 nitrogen and oxygen atoms in total. The Morgan fingerprint density at radius 2 is 2.18 bits per heavy atom. The molecule has 0 aromatic rings. The molecule has 68 valence electrons. The van der Waals surface area contributed by atoms with E-state index in [1.807, 2.05) is 6.92 Å². The molecular formula is C5H14NO3PS. The second kappa shape index (κ2) is 5.17. The first-order chi connectivity index (χ1) is 4.95. The molecule has 0 rings (SSSR count). The van der Waals surface area contributed by atoms with Gasteiger partial charge in [0.1, 0.15) is 0 Å². The van der Waals surface area contributed by atoms with Crippen LogP contribution >= 0.6 is 18.2 Å². The minimum absolute atomic E-state index is 0.0994. The smallest absolute Gasteiger partial charge is 0.327 e. The fourth-order valence-electron chi connectivity index (χ4n) is 0.647. The highest BCUT2D eigenvalue weighted by atomic mass is 32.7. The van der Waals surface area contributed by atoms with Gasteiger partial charge in [0.05, 0.1) is 0 Å². The minimum atomic E-state index is -3.91. The van der Waals surface area contributed by atoms with Gasteiger partial charge in [0.25, 0.3) is 0 Å².